The van der Waals surface area contributed by atoms with E-state index in [0.29, 0.717) is 18.7 Å². The van der Waals surface area contributed by atoms with Crippen molar-refractivity contribution in [3.8, 4) is 0 Å². The van der Waals surface area contributed by atoms with E-state index >= 15 is 0 Å². The summed E-state index contributed by atoms with van der Waals surface area (Å²) < 4.78 is 10.8. The van der Waals surface area contributed by atoms with Gasteiger partial charge in [-0.15, -0.1) is 0 Å². The lowest BCUT2D eigenvalue weighted by Crippen LogP contribution is -2.45. The molecule has 1 aliphatic carbocycles. The fourth-order valence-electron chi connectivity index (χ4n) is 2.19. The number of fused-ring (bicyclic) bond motifs is 1. The molecule has 1 heterocycles. The maximum absolute atomic E-state index is 9.80. The number of nitrogens with zero attached hydrogens (tertiary/aromatic N) is 1. The van der Waals surface area contributed by atoms with E-state index in [1.807, 2.05) is 6.92 Å². The minimum absolute atomic E-state index is 0.0118. The molecule has 2 N–H and O–H groups in total. The molecule has 0 spiro atoms. The summed E-state index contributed by atoms with van der Waals surface area (Å²) in [6.45, 7) is 3.39. The fraction of sp³-hybridized carbons (Fsp3) is 0.800. The molecule has 2 aliphatic rings. The van der Waals surface area contributed by atoms with Gasteiger partial charge in [0, 0.05) is 26.7 Å². The number of rotatable bonds is 1. The highest BCUT2D eigenvalue weighted by Gasteiger charge is 2.41. The van der Waals surface area contributed by atoms with Crippen LogP contribution < -0.4 is 0 Å². The summed E-state index contributed by atoms with van der Waals surface area (Å²) >= 11 is 0. The number of aliphatic imine (C=N–C) groups is 1. The zero-order valence-electron chi connectivity index (χ0n) is 8.93. The molecule has 0 aromatic rings. The average molecular weight is 212 g/mol. The van der Waals surface area contributed by atoms with Gasteiger partial charge in [-0.1, -0.05) is 0 Å². The van der Waals surface area contributed by atoms with Crippen molar-refractivity contribution in [3.63, 3.8) is 0 Å². The van der Waals surface area contributed by atoms with Crippen LogP contribution in [0.1, 0.15) is 26.7 Å². The molecular formula is C10H16N2O3. The summed E-state index contributed by atoms with van der Waals surface area (Å²) in [6, 6.07) is 0.0610. The van der Waals surface area contributed by atoms with Crippen LogP contribution in [0, 0.1) is 5.41 Å². The highest BCUT2D eigenvalue weighted by Crippen LogP contribution is 2.30. The minimum Gasteiger partial charge on any atom is -0.476 e. The van der Waals surface area contributed by atoms with Crippen molar-refractivity contribution in [3.05, 3.63) is 0 Å². The number of ether oxygens (including phenoxy) is 2. The Morgan fingerprint density at radius 3 is 3.00 bits per heavy atom. The number of nitrogens with one attached hydrogen (secondary N) is 1. The Morgan fingerprint density at radius 1 is 1.60 bits per heavy atom. The van der Waals surface area contributed by atoms with Crippen molar-refractivity contribution in [2.75, 3.05) is 0 Å². The van der Waals surface area contributed by atoms with Gasteiger partial charge in [0.15, 0.2) is 11.8 Å². The minimum atomic E-state index is -0.551. The predicted octanol–water partition coefficient (Wildman–Crippen LogP) is 0.709. The molecule has 0 radical (unpaired) electrons. The van der Waals surface area contributed by atoms with Gasteiger partial charge < -0.3 is 14.6 Å². The summed E-state index contributed by atoms with van der Waals surface area (Å²) in [7, 11) is 0. The van der Waals surface area contributed by atoms with Crippen LogP contribution >= 0.6 is 0 Å². The van der Waals surface area contributed by atoms with Crippen LogP contribution in [-0.2, 0) is 9.47 Å². The SMILES string of the molecule is CC(=N)OC1CC2OC(C)=NC2CC1O. The molecule has 0 saturated heterocycles. The lowest BCUT2D eigenvalue weighted by molar-refractivity contribution is -0.0398. The van der Waals surface area contributed by atoms with Crippen LogP contribution in [0.15, 0.2) is 4.99 Å². The highest BCUT2D eigenvalue weighted by atomic mass is 16.5. The highest BCUT2D eigenvalue weighted by molar-refractivity contribution is 5.75. The Balaban J connectivity index is 2.00. The summed E-state index contributed by atoms with van der Waals surface area (Å²) in [5.74, 6) is 0.817. The first-order chi connectivity index (χ1) is 7.06. The molecule has 1 fully saturated rings. The lowest BCUT2D eigenvalue weighted by atomic mass is 9.88. The molecule has 1 aliphatic heterocycles. The van der Waals surface area contributed by atoms with Gasteiger partial charge in [0.1, 0.15) is 12.2 Å². The van der Waals surface area contributed by atoms with E-state index in [4.69, 9.17) is 14.9 Å². The molecule has 15 heavy (non-hydrogen) atoms. The third-order valence-corrected chi connectivity index (χ3v) is 2.80. The molecule has 2 rings (SSSR count). The molecule has 4 unspecified atom stereocenters. The van der Waals surface area contributed by atoms with E-state index in [1.165, 1.54) is 0 Å². The zero-order chi connectivity index (χ0) is 11.0. The van der Waals surface area contributed by atoms with Crippen LogP contribution in [0.4, 0.5) is 0 Å². The first-order valence-electron chi connectivity index (χ1n) is 5.17. The van der Waals surface area contributed by atoms with Crippen molar-refractivity contribution in [2.24, 2.45) is 4.99 Å². The maximum Gasteiger partial charge on any atom is 0.180 e. The molecule has 0 aromatic heterocycles. The van der Waals surface area contributed by atoms with Crippen molar-refractivity contribution >= 4 is 11.8 Å². The number of hydrogen-bond donors (Lipinski definition) is 2. The largest absolute Gasteiger partial charge is 0.476 e. The average Bonchev–Trinajstić information content (AvgIpc) is 2.44. The van der Waals surface area contributed by atoms with E-state index in [-0.39, 0.29) is 24.1 Å². The van der Waals surface area contributed by atoms with Gasteiger partial charge in [0.2, 0.25) is 0 Å². The van der Waals surface area contributed by atoms with E-state index in [1.54, 1.807) is 6.92 Å². The van der Waals surface area contributed by atoms with E-state index in [0.717, 1.165) is 0 Å². The molecule has 5 nitrogen and oxygen atoms in total. The molecule has 0 amide bonds. The molecule has 84 valence electrons. The van der Waals surface area contributed by atoms with Gasteiger partial charge in [-0.05, 0) is 0 Å². The Morgan fingerprint density at radius 2 is 2.33 bits per heavy atom. The number of aliphatic hydroxyl groups is 1. The normalized spacial score (nSPS) is 39.0. The molecular weight excluding hydrogens is 196 g/mol. The first-order valence-corrected chi connectivity index (χ1v) is 5.17. The van der Waals surface area contributed by atoms with Gasteiger partial charge in [0.05, 0.1) is 12.1 Å². The second-order valence-electron chi connectivity index (χ2n) is 4.12. The summed E-state index contributed by atoms with van der Waals surface area (Å²) in [4.78, 5) is 4.30. The maximum atomic E-state index is 9.80. The second-order valence-corrected chi connectivity index (χ2v) is 4.12. The van der Waals surface area contributed by atoms with Gasteiger partial charge in [-0.2, -0.15) is 0 Å². The standard InChI is InChI=1S/C10H16N2O3/c1-5(11)14-10-4-9-7(3-8(10)13)12-6(2)15-9/h7-11,13H,3-4H2,1-2H3. The van der Waals surface area contributed by atoms with Crippen molar-refractivity contribution < 1.29 is 14.6 Å². The first kappa shape index (κ1) is 10.4. The van der Waals surface area contributed by atoms with E-state index in [2.05, 4.69) is 4.99 Å². The van der Waals surface area contributed by atoms with Crippen LogP contribution in [0.2, 0.25) is 0 Å². The fourth-order valence-corrected chi connectivity index (χ4v) is 2.19. The van der Waals surface area contributed by atoms with Crippen LogP contribution in [0.25, 0.3) is 0 Å². The van der Waals surface area contributed by atoms with E-state index < -0.39 is 6.10 Å². The third-order valence-electron chi connectivity index (χ3n) is 2.80. The van der Waals surface area contributed by atoms with Crippen molar-refractivity contribution in [1.82, 2.24) is 0 Å². The number of aliphatic hydroxyl groups excluding tert-OH is 1. The lowest BCUT2D eigenvalue weighted by Gasteiger charge is -2.33. The zero-order valence-corrected chi connectivity index (χ0v) is 8.93. The van der Waals surface area contributed by atoms with Crippen molar-refractivity contribution in [1.29, 1.82) is 5.41 Å². The summed E-state index contributed by atoms with van der Waals surface area (Å²) in [6.07, 6.45) is 0.287. The van der Waals surface area contributed by atoms with Gasteiger partial charge in [-0.3, -0.25) is 5.41 Å². The Bertz CT molecular complexity index is 303. The number of hydrogen-bond acceptors (Lipinski definition) is 5. The van der Waals surface area contributed by atoms with Gasteiger partial charge >= 0.3 is 0 Å². The third kappa shape index (κ3) is 2.12. The predicted molar refractivity (Wildman–Crippen MR) is 55.3 cm³/mol. The smallest absolute Gasteiger partial charge is 0.180 e. The Hall–Kier alpha value is -1.10. The molecule has 1 saturated carbocycles. The summed E-state index contributed by atoms with van der Waals surface area (Å²) in [5, 5.41) is 17.1. The van der Waals surface area contributed by atoms with Crippen molar-refractivity contribution in [2.45, 2.75) is 51.0 Å². The van der Waals surface area contributed by atoms with Crippen LogP contribution in [0.5, 0.6) is 0 Å². The quantitative estimate of drug-likeness (QED) is 0.496. The van der Waals surface area contributed by atoms with Crippen LogP contribution in [-0.4, -0.2) is 41.3 Å². The summed E-state index contributed by atoms with van der Waals surface area (Å²) in [5.41, 5.74) is 0. The Labute approximate surface area is 88.6 Å². The van der Waals surface area contributed by atoms with Gasteiger partial charge in [0.25, 0.3) is 0 Å². The van der Waals surface area contributed by atoms with Crippen LogP contribution in [0.3, 0.4) is 0 Å². The Kier molecular flexibility index (Phi) is 2.65. The molecule has 0 bridgehead atoms. The molecule has 4 atom stereocenters. The molecule has 5 heteroatoms. The monoisotopic (exact) mass is 212 g/mol. The van der Waals surface area contributed by atoms with Gasteiger partial charge in [-0.25, -0.2) is 4.99 Å². The second kappa shape index (κ2) is 3.81. The molecule has 0 aromatic carbocycles. The van der Waals surface area contributed by atoms with E-state index in [9.17, 15) is 5.11 Å². The topological polar surface area (TPSA) is 74.9 Å².